The molecule has 0 bridgehead atoms. The molecule has 0 aromatic carbocycles. The first-order valence-corrected chi connectivity index (χ1v) is 6.46. The summed E-state index contributed by atoms with van der Waals surface area (Å²) in [5, 5.41) is 0. The zero-order valence-corrected chi connectivity index (χ0v) is 9.61. The molecule has 14 heavy (non-hydrogen) atoms. The molecule has 0 aromatic rings. The van der Waals surface area contributed by atoms with Crippen molar-refractivity contribution in [3.63, 3.8) is 0 Å². The molecule has 82 valence electrons. The van der Waals surface area contributed by atoms with Gasteiger partial charge in [0.05, 0.1) is 18.8 Å². The second-order valence-corrected chi connectivity index (χ2v) is 4.54. The molecule has 5 heteroatoms. The van der Waals surface area contributed by atoms with E-state index >= 15 is 0 Å². The van der Waals surface area contributed by atoms with Crippen molar-refractivity contribution >= 4 is 29.3 Å². The summed E-state index contributed by atoms with van der Waals surface area (Å²) in [5.41, 5.74) is 0. The maximum atomic E-state index is 11.1. The molecule has 1 fully saturated rings. The third-order valence-electron chi connectivity index (χ3n) is 1.80. The molecular weight excluding hydrogens is 224 g/mol. The second-order valence-electron chi connectivity index (χ2n) is 3.01. The number of rotatable bonds is 3. The third kappa shape index (κ3) is 5.08. The van der Waals surface area contributed by atoms with Crippen LogP contribution in [0.3, 0.4) is 0 Å². The quantitative estimate of drug-likeness (QED) is 0.557. The summed E-state index contributed by atoms with van der Waals surface area (Å²) in [6, 6.07) is 0. The minimum atomic E-state index is -0.379. The number of ether oxygens (including phenoxy) is 2. The number of alkyl halides is 1. The van der Waals surface area contributed by atoms with Crippen molar-refractivity contribution in [2.75, 3.05) is 24.0 Å². The van der Waals surface area contributed by atoms with E-state index in [1.807, 2.05) is 0 Å². The number of carbonyl (C=O) groups is 1. The van der Waals surface area contributed by atoms with Crippen molar-refractivity contribution in [2.24, 2.45) is 0 Å². The number of hydrogen-bond acceptors (Lipinski definition) is 4. The Labute approximate surface area is 93.5 Å². The lowest BCUT2D eigenvalue weighted by Gasteiger charge is -2.20. The zero-order valence-electron chi connectivity index (χ0n) is 8.04. The van der Waals surface area contributed by atoms with Crippen molar-refractivity contribution < 1.29 is 14.3 Å². The number of carbonyl (C=O) groups excluding carboxylic acids is 1. The summed E-state index contributed by atoms with van der Waals surface area (Å²) in [6.45, 7) is 0.680. The fourth-order valence-electron chi connectivity index (χ4n) is 1.10. The van der Waals surface area contributed by atoms with E-state index in [1.165, 1.54) is 6.42 Å². The van der Waals surface area contributed by atoms with Gasteiger partial charge in [-0.25, -0.2) is 0 Å². The molecule has 1 rings (SSSR count). The summed E-state index contributed by atoms with van der Waals surface area (Å²) in [5.74, 6) is 1.88. The van der Waals surface area contributed by atoms with Crippen LogP contribution in [0.1, 0.15) is 19.3 Å². The van der Waals surface area contributed by atoms with Crippen molar-refractivity contribution in [2.45, 2.75) is 25.6 Å². The Morgan fingerprint density at radius 1 is 1.57 bits per heavy atom. The predicted octanol–water partition coefficient (Wildman–Crippen LogP) is 2.03. The van der Waals surface area contributed by atoms with Crippen LogP contribution < -0.4 is 0 Å². The number of halogens is 1. The molecular formula is C9H15ClO3S. The van der Waals surface area contributed by atoms with Crippen molar-refractivity contribution in [3.8, 4) is 0 Å². The fourth-order valence-corrected chi connectivity index (χ4v) is 2.19. The minimum Gasteiger partial charge on any atom is -0.435 e. The molecule has 0 aliphatic carbocycles. The van der Waals surface area contributed by atoms with Gasteiger partial charge in [0.1, 0.15) is 0 Å². The maximum Gasteiger partial charge on any atom is 0.309 e. The van der Waals surface area contributed by atoms with Crippen LogP contribution in [0.5, 0.6) is 0 Å². The van der Waals surface area contributed by atoms with Crippen LogP contribution in [0.4, 0.5) is 0 Å². The summed E-state index contributed by atoms with van der Waals surface area (Å²) in [6.07, 6.45) is 2.09. The highest BCUT2D eigenvalue weighted by Gasteiger charge is 2.15. The lowest BCUT2D eigenvalue weighted by atomic mass is 10.3. The van der Waals surface area contributed by atoms with Crippen LogP contribution in [0.2, 0.25) is 0 Å². The smallest absolute Gasteiger partial charge is 0.309 e. The van der Waals surface area contributed by atoms with E-state index in [0.29, 0.717) is 12.5 Å². The molecule has 1 saturated heterocycles. The molecule has 0 N–H and O–H groups in total. The highest BCUT2D eigenvalue weighted by atomic mass is 35.5. The first kappa shape index (κ1) is 12.1. The van der Waals surface area contributed by atoms with E-state index in [0.717, 1.165) is 17.9 Å². The van der Waals surface area contributed by atoms with Gasteiger partial charge in [-0.15, -0.1) is 11.6 Å². The van der Waals surface area contributed by atoms with Gasteiger partial charge in [-0.05, 0) is 18.6 Å². The van der Waals surface area contributed by atoms with Crippen molar-refractivity contribution in [1.29, 1.82) is 0 Å². The first-order valence-electron chi connectivity index (χ1n) is 4.77. The van der Waals surface area contributed by atoms with Gasteiger partial charge in [0, 0.05) is 5.88 Å². The van der Waals surface area contributed by atoms with Crippen LogP contribution in [-0.4, -0.2) is 36.3 Å². The molecule has 3 nitrogen and oxygen atoms in total. The van der Waals surface area contributed by atoms with Gasteiger partial charge in [0.2, 0.25) is 6.29 Å². The number of hydrogen-bond donors (Lipinski definition) is 0. The Bertz CT molecular complexity index is 169. The Kier molecular flexibility index (Phi) is 6.39. The first-order chi connectivity index (χ1) is 6.83. The Balaban J connectivity index is 2.22. The van der Waals surface area contributed by atoms with E-state index in [1.54, 1.807) is 11.8 Å². The van der Waals surface area contributed by atoms with Gasteiger partial charge in [0.15, 0.2) is 0 Å². The molecule has 0 aromatic heterocycles. The number of esters is 1. The Morgan fingerprint density at radius 2 is 2.43 bits per heavy atom. The molecule has 1 aliphatic rings. The van der Waals surface area contributed by atoms with E-state index in [4.69, 9.17) is 21.1 Å². The normalized spacial score (nSPS) is 23.6. The van der Waals surface area contributed by atoms with Gasteiger partial charge in [-0.1, -0.05) is 0 Å². The molecule has 1 heterocycles. The van der Waals surface area contributed by atoms with Crippen LogP contribution in [0.25, 0.3) is 0 Å². The summed E-state index contributed by atoms with van der Waals surface area (Å²) < 4.78 is 10.5. The van der Waals surface area contributed by atoms with E-state index in [2.05, 4.69) is 0 Å². The minimum absolute atomic E-state index is 0.256. The Morgan fingerprint density at radius 3 is 3.21 bits per heavy atom. The van der Waals surface area contributed by atoms with Gasteiger partial charge in [0.25, 0.3) is 0 Å². The van der Waals surface area contributed by atoms with E-state index in [-0.39, 0.29) is 18.7 Å². The zero-order chi connectivity index (χ0) is 10.2. The second kappa shape index (κ2) is 7.37. The SMILES string of the molecule is O=C(CCCl)OC1CSCCCCO1. The molecule has 0 radical (unpaired) electrons. The van der Waals surface area contributed by atoms with Gasteiger partial charge >= 0.3 is 5.97 Å². The van der Waals surface area contributed by atoms with Gasteiger partial charge in [-0.2, -0.15) is 11.8 Å². The molecule has 0 amide bonds. The number of thioether (sulfide) groups is 1. The van der Waals surface area contributed by atoms with Crippen LogP contribution in [-0.2, 0) is 14.3 Å². The molecule has 0 saturated carbocycles. The predicted molar refractivity (Wildman–Crippen MR) is 57.7 cm³/mol. The average molecular weight is 239 g/mol. The monoisotopic (exact) mass is 238 g/mol. The molecule has 1 aliphatic heterocycles. The van der Waals surface area contributed by atoms with Gasteiger partial charge < -0.3 is 9.47 Å². The summed E-state index contributed by atoms with van der Waals surface area (Å²) >= 11 is 7.19. The fraction of sp³-hybridized carbons (Fsp3) is 0.889. The average Bonchev–Trinajstić information content (AvgIpc) is 2.10. The van der Waals surface area contributed by atoms with E-state index in [9.17, 15) is 4.79 Å². The van der Waals surface area contributed by atoms with Gasteiger partial charge in [-0.3, -0.25) is 4.79 Å². The highest BCUT2D eigenvalue weighted by Crippen LogP contribution is 2.14. The third-order valence-corrected chi connectivity index (χ3v) is 3.08. The molecule has 1 atom stereocenters. The van der Waals surface area contributed by atoms with Crippen LogP contribution >= 0.6 is 23.4 Å². The summed E-state index contributed by atoms with van der Waals surface area (Å²) in [7, 11) is 0. The topological polar surface area (TPSA) is 35.5 Å². The van der Waals surface area contributed by atoms with Crippen molar-refractivity contribution in [3.05, 3.63) is 0 Å². The van der Waals surface area contributed by atoms with Crippen LogP contribution in [0, 0.1) is 0 Å². The standard InChI is InChI=1S/C9H15ClO3S/c10-4-3-8(11)13-9-7-14-6-2-1-5-12-9/h9H,1-7H2. The highest BCUT2D eigenvalue weighted by molar-refractivity contribution is 7.99. The van der Waals surface area contributed by atoms with E-state index < -0.39 is 0 Å². The Hall–Kier alpha value is 0.0700. The largest absolute Gasteiger partial charge is 0.435 e. The van der Waals surface area contributed by atoms with Crippen molar-refractivity contribution in [1.82, 2.24) is 0 Å². The molecule has 1 unspecified atom stereocenters. The lowest BCUT2D eigenvalue weighted by Crippen LogP contribution is -2.26. The maximum absolute atomic E-state index is 11.1. The summed E-state index contributed by atoms with van der Waals surface area (Å²) in [4.78, 5) is 11.1. The molecule has 0 spiro atoms. The van der Waals surface area contributed by atoms with Crippen LogP contribution in [0.15, 0.2) is 0 Å². The lowest BCUT2D eigenvalue weighted by molar-refractivity contribution is -0.173.